The molecule has 0 heterocycles. The molecule has 0 aromatic rings. The second kappa shape index (κ2) is 8.41. The molecule has 0 aromatic heterocycles. The van der Waals surface area contributed by atoms with Gasteiger partial charge in [0.1, 0.15) is 0 Å². The van der Waals surface area contributed by atoms with Gasteiger partial charge in [0.25, 0.3) is 0 Å². The van der Waals surface area contributed by atoms with E-state index < -0.39 is 0 Å². The number of rotatable bonds is 6. The Hall–Kier alpha value is -0.690. The molecule has 0 amide bonds. The Kier molecular flexibility index (Phi) is 7.11. The summed E-state index contributed by atoms with van der Waals surface area (Å²) in [5.41, 5.74) is 0. The number of halogens is 1. The molecule has 96 valence electrons. The van der Waals surface area contributed by atoms with Gasteiger partial charge in [-0.05, 0) is 44.6 Å². The largest absolute Gasteiger partial charge is 0.501 e. The van der Waals surface area contributed by atoms with Crippen LogP contribution in [0.4, 0.5) is 0 Å². The van der Waals surface area contributed by atoms with Crippen LogP contribution in [0.3, 0.4) is 0 Å². The second-order valence-corrected chi connectivity index (χ2v) is 4.96. The van der Waals surface area contributed by atoms with Gasteiger partial charge in [0.05, 0.1) is 12.9 Å². The van der Waals surface area contributed by atoms with Crippen LogP contribution in [0.25, 0.3) is 0 Å². The van der Waals surface area contributed by atoms with Crippen molar-refractivity contribution in [1.82, 2.24) is 0 Å². The van der Waals surface area contributed by atoms with Gasteiger partial charge in [0, 0.05) is 11.8 Å². The molecule has 0 radical (unpaired) electrons. The van der Waals surface area contributed by atoms with Crippen molar-refractivity contribution in [2.45, 2.75) is 44.4 Å². The highest BCUT2D eigenvalue weighted by atomic mass is 35.5. The van der Waals surface area contributed by atoms with Crippen LogP contribution in [0.2, 0.25) is 0 Å². The van der Waals surface area contributed by atoms with Crippen molar-refractivity contribution < 1.29 is 4.74 Å². The van der Waals surface area contributed by atoms with Gasteiger partial charge in [-0.25, -0.2) is 0 Å². The summed E-state index contributed by atoms with van der Waals surface area (Å²) >= 11 is 6.26. The first-order valence-electron chi connectivity index (χ1n) is 6.42. The van der Waals surface area contributed by atoms with Gasteiger partial charge in [-0.1, -0.05) is 24.3 Å². The molecular weight excluding hydrogens is 232 g/mol. The molecule has 0 saturated heterocycles. The highest BCUT2D eigenvalue weighted by Crippen LogP contribution is 2.25. The SMILES string of the molecule is C/C=C(\CCC/C=C/[C@@H]1CC=CC[C@@H]1Cl)OC. The minimum absolute atomic E-state index is 0.279. The quantitative estimate of drug-likeness (QED) is 0.285. The normalized spacial score (nSPS) is 25.5. The zero-order valence-electron chi connectivity index (χ0n) is 10.9. The smallest absolute Gasteiger partial charge is 0.0913 e. The van der Waals surface area contributed by atoms with E-state index in [0.717, 1.165) is 37.9 Å². The fourth-order valence-electron chi connectivity index (χ4n) is 2.03. The van der Waals surface area contributed by atoms with Crippen LogP contribution in [0, 0.1) is 5.92 Å². The molecule has 0 N–H and O–H groups in total. The average molecular weight is 255 g/mol. The third-order valence-electron chi connectivity index (χ3n) is 3.16. The minimum Gasteiger partial charge on any atom is -0.501 e. The average Bonchev–Trinajstić information content (AvgIpc) is 2.36. The van der Waals surface area contributed by atoms with Crippen LogP contribution < -0.4 is 0 Å². The Morgan fingerprint density at radius 1 is 1.41 bits per heavy atom. The van der Waals surface area contributed by atoms with Gasteiger partial charge < -0.3 is 4.74 Å². The number of unbranched alkanes of at least 4 members (excludes halogenated alkanes) is 1. The Morgan fingerprint density at radius 2 is 2.18 bits per heavy atom. The van der Waals surface area contributed by atoms with E-state index in [1.807, 2.05) is 13.0 Å². The summed E-state index contributed by atoms with van der Waals surface area (Å²) in [7, 11) is 1.73. The Bertz CT molecular complexity index is 291. The molecule has 1 nitrogen and oxygen atoms in total. The molecule has 2 heteroatoms. The van der Waals surface area contributed by atoms with Crippen molar-refractivity contribution in [2.75, 3.05) is 7.11 Å². The predicted molar refractivity (Wildman–Crippen MR) is 75.3 cm³/mol. The summed E-state index contributed by atoms with van der Waals surface area (Å²) in [5.74, 6) is 1.60. The number of hydrogen-bond donors (Lipinski definition) is 0. The van der Waals surface area contributed by atoms with E-state index in [9.17, 15) is 0 Å². The van der Waals surface area contributed by atoms with Gasteiger partial charge in [-0.3, -0.25) is 0 Å². The molecular formula is C15H23ClO. The Labute approximate surface area is 110 Å². The van der Waals surface area contributed by atoms with Crippen molar-refractivity contribution in [1.29, 1.82) is 0 Å². The molecule has 0 aromatic carbocycles. The van der Waals surface area contributed by atoms with E-state index in [4.69, 9.17) is 16.3 Å². The number of hydrogen-bond acceptors (Lipinski definition) is 1. The van der Waals surface area contributed by atoms with E-state index in [1.54, 1.807) is 7.11 Å². The zero-order valence-corrected chi connectivity index (χ0v) is 11.6. The first-order valence-corrected chi connectivity index (χ1v) is 6.86. The van der Waals surface area contributed by atoms with Crippen LogP contribution in [-0.4, -0.2) is 12.5 Å². The molecule has 0 aliphatic heterocycles. The second-order valence-electron chi connectivity index (χ2n) is 4.40. The standard InChI is InChI=1S/C15H23ClO/c1-3-14(17-2)11-6-4-5-9-13-10-7-8-12-15(13)16/h3,5,7-9,13,15H,4,6,10-12H2,1-2H3/b9-5+,14-3+/t13-,15+/m1/s1. The minimum atomic E-state index is 0.279. The fourth-order valence-corrected chi connectivity index (χ4v) is 2.32. The van der Waals surface area contributed by atoms with Crippen molar-refractivity contribution in [3.8, 4) is 0 Å². The lowest BCUT2D eigenvalue weighted by molar-refractivity contribution is 0.274. The molecule has 1 aliphatic rings. The molecule has 0 bridgehead atoms. The lowest BCUT2D eigenvalue weighted by Gasteiger charge is -2.19. The van der Waals surface area contributed by atoms with E-state index in [1.165, 1.54) is 0 Å². The van der Waals surface area contributed by atoms with Crippen LogP contribution in [-0.2, 0) is 4.74 Å². The van der Waals surface area contributed by atoms with E-state index in [0.29, 0.717) is 5.92 Å². The summed E-state index contributed by atoms with van der Waals surface area (Å²) in [6, 6.07) is 0. The summed E-state index contributed by atoms with van der Waals surface area (Å²) in [6.45, 7) is 2.02. The van der Waals surface area contributed by atoms with Crippen molar-refractivity contribution in [2.24, 2.45) is 5.92 Å². The molecule has 0 saturated carbocycles. The first kappa shape index (κ1) is 14.4. The monoisotopic (exact) mass is 254 g/mol. The predicted octanol–water partition coefficient (Wildman–Crippen LogP) is 4.84. The lowest BCUT2D eigenvalue weighted by Crippen LogP contribution is -2.14. The Balaban J connectivity index is 2.19. The topological polar surface area (TPSA) is 9.23 Å². The third kappa shape index (κ3) is 5.45. The number of ether oxygens (including phenoxy) is 1. The maximum absolute atomic E-state index is 6.26. The third-order valence-corrected chi connectivity index (χ3v) is 3.66. The molecule has 1 rings (SSSR count). The fraction of sp³-hybridized carbons (Fsp3) is 0.600. The van der Waals surface area contributed by atoms with Crippen molar-refractivity contribution >= 4 is 11.6 Å². The number of methoxy groups -OCH3 is 1. The zero-order chi connectivity index (χ0) is 12.5. The first-order chi connectivity index (χ1) is 8.27. The molecule has 0 spiro atoms. The van der Waals surface area contributed by atoms with E-state index >= 15 is 0 Å². The highest BCUT2D eigenvalue weighted by Gasteiger charge is 2.16. The van der Waals surface area contributed by atoms with Gasteiger partial charge in [-0.2, -0.15) is 0 Å². The van der Waals surface area contributed by atoms with E-state index in [2.05, 4.69) is 24.3 Å². The molecule has 0 fully saturated rings. The molecule has 0 unspecified atom stereocenters. The maximum atomic E-state index is 6.26. The van der Waals surface area contributed by atoms with Crippen LogP contribution >= 0.6 is 11.6 Å². The number of allylic oxidation sites excluding steroid dienone is 6. The van der Waals surface area contributed by atoms with Crippen LogP contribution in [0.15, 0.2) is 36.1 Å². The van der Waals surface area contributed by atoms with Crippen LogP contribution in [0.5, 0.6) is 0 Å². The Morgan fingerprint density at radius 3 is 2.82 bits per heavy atom. The van der Waals surface area contributed by atoms with Gasteiger partial charge in [0.2, 0.25) is 0 Å². The maximum Gasteiger partial charge on any atom is 0.0913 e. The molecule has 17 heavy (non-hydrogen) atoms. The van der Waals surface area contributed by atoms with Gasteiger partial charge >= 0.3 is 0 Å². The molecule has 2 atom stereocenters. The summed E-state index contributed by atoms with van der Waals surface area (Å²) in [4.78, 5) is 0. The summed E-state index contributed by atoms with van der Waals surface area (Å²) < 4.78 is 5.22. The highest BCUT2D eigenvalue weighted by molar-refractivity contribution is 6.21. The van der Waals surface area contributed by atoms with Crippen LogP contribution in [0.1, 0.15) is 39.0 Å². The number of alkyl halides is 1. The van der Waals surface area contributed by atoms with Crippen molar-refractivity contribution in [3.63, 3.8) is 0 Å². The van der Waals surface area contributed by atoms with Crippen molar-refractivity contribution in [3.05, 3.63) is 36.1 Å². The lowest BCUT2D eigenvalue weighted by atomic mass is 9.93. The summed E-state index contributed by atoms with van der Waals surface area (Å²) in [6.07, 6.45) is 16.3. The summed E-state index contributed by atoms with van der Waals surface area (Å²) in [5, 5.41) is 0.279. The van der Waals surface area contributed by atoms with Gasteiger partial charge in [0.15, 0.2) is 0 Å². The van der Waals surface area contributed by atoms with Gasteiger partial charge in [-0.15, -0.1) is 11.6 Å². The van der Waals surface area contributed by atoms with E-state index in [-0.39, 0.29) is 5.38 Å². The molecule has 1 aliphatic carbocycles.